The molecule has 3 aliphatic heterocycles. The number of hydrogen-bond donors (Lipinski definition) is 1. The van der Waals surface area contributed by atoms with Gasteiger partial charge < -0.3 is 19.9 Å². The lowest BCUT2D eigenvalue weighted by molar-refractivity contribution is -0.131. The van der Waals surface area contributed by atoms with Crippen molar-refractivity contribution in [2.24, 2.45) is 5.92 Å². The van der Waals surface area contributed by atoms with Crippen molar-refractivity contribution in [2.75, 3.05) is 57.5 Å². The van der Waals surface area contributed by atoms with Crippen LogP contribution in [0.2, 0.25) is 0 Å². The summed E-state index contributed by atoms with van der Waals surface area (Å²) in [6.45, 7) is 9.40. The largest absolute Gasteiger partial charge is 0.449 e. The van der Waals surface area contributed by atoms with E-state index in [2.05, 4.69) is 10.2 Å². The van der Waals surface area contributed by atoms with Crippen molar-refractivity contribution in [3.8, 4) is 0 Å². The van der Waals surface area contributed by atoms with E-state index in [1.54, 1.807) is 4.90 Å². The van der Waals surface area contributed by atoms with E-state index in [1.807, 2.05) is 30.5 Å². The zero-order chi connectivity index (χ0) is 17.8. The fraction of sp³-hybridized carbons (Fsp3) is 0.882. The minimum Gasteiger partial charge on any atom is -0.449 e. The van der Waals surface area contributed by atoms with E-state index in [-0.39, 0.29) is 18.0 Å². The van der Waals surface area contributed by atoms with Gasteiger partial charge >= 0.3 is 6.09 Å². The molecule has 0 radical (unpaired) electrons. The van der Waals surface area contributed by atoms with Crippen LogP contribution in [0.5, 0.6) is 0 Å². The first-order valence-electron chi connectivity index (χ1n) is 9.30. The van der Waals surface area contributed by atoms with E-state index >= 15 is 0 Å². The molecule has 0 bridgehead atoms. The molecular weight excluding hydrogens is 340 g/mol. The van der Waals surface area contributed by atoms with E-state index in [9.17, 15) is 9.59 Å². The molecule has 0 aromatic heterocycles. The van der Waals surface area contributed by atoms with E-state index in [4.69, 9.17) is 4.74 Å². The number of nitrogens with zero attached hydrogens (tertiary/aromatic N) is 3. The summed E-state index contributed by atoms with van der Waals surface area (Å²) in [7, 11) is 0. The van der Waals surface area contributed by atoms with Gasteiger partial charge in [0.15, 0.2) is 0 Å². The summed E-state index contributed by atoms with van der Waals surface area (Å²) in [5.74, 6) is 2.50. The van der Waals surface area contributed by atoms with Crippen LogP contribution in [0, 0.1) is 5.92 Å². The van der Waals surface area contributed by atoms with Crippen LogP contribution < -0.4 is 5.32 Å². The Morgan fingerprint density at radius 3 is 2.56 bits per heavy atom. The lowest BCUT2D eigenvalue weighted by atomic mass is 10.1. The maximum atomic E-state index is 12.5. The average molecular weight is 371 g/mol. The number of nitrogens with one attached hydrogen (secondary N) is 1. The van der Waals surface area contributed by atoms with Gasteiger partial charge in [0.05, 0.1) is 18.5 Å². The first-order chi connectivity index (χ1) is 12.0. The van der Waals surface area contributed by atoms with Gasteiger partial charge in [-0.1, -0.05) is 13.8 Å². The summed E-state index contributed by atoms with van der Waals surface area (Å²) in [6, 6.07) is 0.343. The Bertz CT molecular complexity index is 477. The second kappa shape index (κ2) is 8.60. The van der Waals surface area contributed by atoms with Crippen LogP contribution in [0.4, 0.5) is 4.79 Å². The van der Waals surface area contributed by atoms with Gasteiger partial charge in [-0.3, -0.25) is 9.69 Å². The number of carbonyl (C=O) groups excluding carboxylic acids is 2. The fourth-order valence-electron chi connectivity index (χ4n) is 3.59. The highest BCUT2D eigenvalue weighted by atomic mass is 32.2. The fourth-order valence-corrected chi connectivity index (χ4v) is 4.55. The molecule has 0 aliphatic carbocycles. The van der Waals surface area contributed by atoms with Crippen molar-refractivity contribution in [2.45, 2.75) is 32.4 Å². The van der Waals surface area contributed by atoms with Crippen LogP contribution in [-0.2, 0) is 9.53 Å². The third-order valence-corrected chi connectivity index (χ3v) is 6.06. The van der Waals surface area contributed by atoms with Crippen LogP contribution in [-0.4, -0.2) is 96.3 Å². The number of hydrogen-bond acceptors (Lipinski definition) is 6. The molecule has 2 amide bonds. The highest BCUT2D eigenvalue weighted by molar-refractivity contribution is 7.99. The molecule has 0 saturated carbocycles. The van der Waals surface area contributed by atoms with Crippen molar-refractivity contribution in [1.29, 1.82) is 0 Å². The van der Waals surface area contributed by atoms with Gasteiger partial charge in [-0.05, 0) is 12.3 Å². The SMILES string of the molecule is CC(C)COC(=O)N1CCN([C@@H]2CN[C@H](C(=O)N3CCSC3)C2)CC1. The zero-order valence-corrected chi connectivity index (χ0v) is 16.1. The molecule has 2 atom stereocenters. The Hall–Kier alpha value is -0.990. The normalized spacial score (nSPS) is 28.0. The first kappa shape index (κ1) is 18.8. The van der Waals surface area contributed by atoms with Gasteiger partial charge in [-0.15, -0.1) is 11.8 Å². The molecule has 8 heteroatoms. The van der Waals surface area contributed by atoms with Crippen molar-refractivity contribution in [3.05, 3.63) is 0 Å². The second-order valence-electron chi connectivity index (χ2n) is 7.48. The number of piperazine rings is 1. The Balaban J connectivity index is 1.41. The van der Waals surface area contributed by atoms with Gasteiger partial charge in [0.2, 0.25) is 5.91 Å². The summed E-state index contributed by atoms with van der Waals surface area (Å²) in [5.41, 5.74) is 0. The monoisotopic (exact) mass is 370 g/mol. The molecule has 3 heterocycles. The predicted molar refractivity (Wildman–Crippen MR) is 98.6 cm³/mol. The maximum Gasteiger partial charge on any atom is 0.409 e. The maximum absolute atomic E-state index is 12.5. The molecular formula is C17H30N4O3S. The molecule has 7 nitrogen and oxygen atoms in total. The first-order valence-corrected chi connectivity index (χ1v) is 10.5. The van der Waals surface area contributed by atoms with Crippen LogP contribution in [0.3, 0.4) is 0 Å². The molecule has 0 spiro atoms. The predicted octanol–water partition coefficient (Wildman–Crippen LogP) is 0.660. The number of ether oxygens (including phenoxy) is 1. The van der Waals surface area contributed by atoms with Crippen LogP contribution >= 0.6 is 11.8 Å². The van der Waals surface area contributed by atoms with E-state index in [0.717, 1.165) is 44.2 Å². The summed E-state index contributed by atoms with van der Waals surface area (Å²) in [5, 5.41) is 3.40. The Morgan fingerprint density at radius 2 is 1.92 bits per heavy atom. The number of amides is 2. The van der Waals surface area contributed by atoms with Gasteiger partial charge in [-0.25, -0.2) is 4.79 Å². The van der Waals surface area contributed by atoms with Gasteiger partial charge in [0.1, 0.15) is 0 Å². The Labute approximate surface area is 154 Å². The Kier molecular flexibility index (Phi) is 6.46. The molecule has 3 rings (SSSR count). The zero-order valence-electron chi connectivity index (χ0n) is 15.3. The quantitative estimate of drug-likeness (QED) is 0.784. The highest BCUT2D eigenvalue weighted by Gasteiger charge is 2.37. The second-order valence-corrected chi connectivity index (χ2v) is 8.56. The smallest absolute Gasteiger partial charge is 0.409 e. The summed E-state index contributed by atoms with van der Waals surface area (Å²) >= 11 is 1.82. The number of thioether (sulfide) groups is 1. The molecule has 0 unspecified atom stereocenters. The average Bonchev–Trinajstić information content (AvgIpc) is 3.31. The van der Waals surface area contributed by atoms with Crippen LogP contribution in [0.25, 0.3) is 0 Å². The minimum absolute atomic E-state index is 0.0438. The van der Waals surface area contributed by atoms with Crippen molar-refractivity contribution >= 4 is 23.8 Å². The molecule has 3 fully saturated rings. The summed E-state index contributed by atoms with van der Waals surface area (Å²) in [4.78, 5) is 30.7. The minimum atomic E-state index is -0.197. The lowest BCUT2D eigenvalue weighted by Crippen LogP contribution is -2.52. The molecule has 25 heavy (non-hydrogen) atoms. The third kappa shape index (κ3) is 4.80. The van der Waals surface area contributed by atoms with Gasteiger partial charge in [0.25, 0.3) is 0 Å². The summed E-state index contributed by atoms with van der Waals surface area (Å²) in [6.07, 6.45) is 0.676. The molecule has 0 aromatic rings. The van der Waals surface area contributed by atoms with Crippen LogP contribution in [0.1, 0.15) is 20.3 Å². The lowest BCUT2D eigenvalue weighted by Gasteiger charge is -2.37. The van der Waals surface area contributed by atoms with E-state index in [0.29, 0.717) is 31.7 Å². The van der Waals surface area contributed by atoms with E-state index in [1.165, 1.54) is 0 Å². The van der Waals surface area contributed by atoms with Crippen LogP contribution in [0.15, 0.2) is 0 Å². The Morgan fingerprint density at radius 1 is 1.16 bits per heavy atom. The number of rotatable bonds is 4. The standard InChI is InChI=1S/C17H30N4O3S/c1-13(2)11-24-17(23)20-5-3-19(4-6-20)14-9-15(18-10-14)16(22)21-7-8-25-12-21/h13-15,18H,3-12H2,1-2H3/t14-,15-/m0/s1. The molecule has 3 aliphatic rings. The molecule has 0 aromatic carbocycles. The number of carbonyl (C=O) groups is 2. The van der Waals surface area contributed by atoms with Crippen molar-refractivity contribution in [3.63, 3.8) is 0 Å². The van der Waals surface area contributed by atoms with Gasteiger partial charge in [-0.2, -0.15) is 0 Å². The summed E-state index contributed by atoms with van der Waals surface area (Å²) < 4.78 is 5.31. The van der Waals surface area contributed by atoms with E-state index < -0.39 is 0 Å². The van der Waals surface area contributed by atoms with Crippen molar-refractivity contribution in [1.82, 2.24) is 20.0 Å². The molecule has 142 valence electrons. The molecule has 1 N–H and O–H groups in total. The highest BCUT2D eigenvalue weighted by Crippen LogP contribution is 2.21. The van der Waals surface area contributed by atoms with Gasteiger partial charge in [0, 0.05) is 51.1 Å². The van der Waals surface area contributed by atoms with Crippen molar-refractivity contribution < 1.29 is 14.3 Å². The topological polar surface area (TPSA) is 65.1 Å². The third-order valence-electron chi connectivity index (χ3n) is 5.10. The molecule has 3 saturated heterocycles.